The van der Waals surface area contributed by atoms with E-state index >= 15 is 0 Å². The molecule has 1 unspecified atom stereocenters. The number of rotatable bonds is 9. The highest BCUT2D eigenvalue weighted by Gasteiger charge is 2.17. The molecular formula is C13H30N2O3. The van der Waals surface area contributed by atoms with Gasteiger partial charge in [-0.3, -0.25) is 4.79 Å². The van der Waals surface area contributed by atoms with Gasteiger partial charge in [-0.15, -0.1) is 0 Å². The minimum Gasteiger partial charge on any atom is -0.375 e. The number of primary amides is 1. The third-order valence-corrected chi connectivity index (χ3v) is 2.27. The van der Waals surface area contributed by atoms with Crippen molar-refractivity contribution < 1.29 is 14.3 Å². The van der Waals surface area contributed by atoms with Crippen molar-refractivity contribution in [2.75, 3.05) is 19.8 Å². The Balaban J connectivity index is 0. The number of hydrogen-bond donors (Lipinski definition) is 2. The second-order valence-electron chi connectivity index (χ2n) is 4.52. The van der Waals surface area contributed by atoms with Crippen LogP contribution in [0.5, 0.6) is 0 Å². The maximum absolute atomic E-state index is 10.5. The molecule has 0 bridgehead atoms. The fourth-order valence-electron chi connectivity index (χ4n) is 1.23. The lowest BCUT2D eigenvalue weighted by atomic mass is 10.1. The van der Waals surface area contributed by atoms with Gasteiger partial charge < -0.3 is 20.9 Å². The van der Waals surface area contributed by atoms with Crippen LogP contribution in [0.3, 0.4) is 0 Å². The predicted molar refractivity (Wildman–Crippen MR) is 74.3 cm³/mol. The maximum Gasteiger partial charge on any atom is 0.243 e. The average molecular weight is 262 g/mol. The normalized spacial score (nSPS) is 12.6. The van der Waals surface area contributed by atoms with Crippen LogP contribution >= 0.6 is 0 Å². The van der Waals surface area contributed by atoms with E-state index in [1.54, 1.807) is 0 Å². The van der Waals surface area contributed by atoms with Gasteiger partial charge in [0.1, 0.15) is 6.61 Å². The molecule has 0 aromatic rings. The summed E-state index contributed by atoms with van der Waals surface area (Å²) in [6.45, 7) is 11.1. The third-order valence-electron chi connectivity index (χ3n) is 2.27. The molecule has 0 aromatic heterocycles. The number of carbonyl (C=O) groups excluding carboxylic acids is 1. The summed E-state index contributed by atoms with van der Waals surface area (Å²) in [6.07, 6.45) is 1.53. The fourth-order valence-corrected chi connectivity index (χ4v) is 1.23. The van der Waals surface area contributed by atoms with Crippen LogP contribution in [0, 0.1) is 0 Å². The SMILES string of the molecule is CC.CC(CCOC(C)(C)CCN)OCC(N)=O. The Morgan fingerprint density at radius 3 is 2.33 bits per heavy atom. The van der Waals surface area contributed by atoms with E-state index in [9.17, 15) is 4.79 Å². The molecule has 5 heteroatoms. The summed E-state index contributed by atoms with van der Waals surface area (Å²) in [7, 11) is 0. The Hall–Kier alpha value is -0.650. The van der Waals surface area contributed by atoms with Crippen molar-refractivity contribution in [3.63, 3.8) is 0 Å². The first-order chi connectivity index (χ1) is 8.37. The molecule has 18 heavy (non-hydrogen) atoms. The lowest BCUT2D eigenvalue weighted by molar-refractivity contribution is -0.125. The Kier molecular flexibility index (Phi) is 12.5. The van der Waals surface area contributed by atoms with Crippen LogP contribution in [0.2, 0.25) is 0 Å². The van der Waals surface area contributed by atoms with Crippen LogP contribution < -0.4 is 11.5 Å². The van der Waals surface area contributed by atoms with E-state index in [0.717, 1.165) is 12.8 Å². The molecule has 0 heterocycles. The van der Waals surface area contributed by atoms with Gasteiger partial charge in [0, 0.05) is 6.61 Å². The second kappa shape index (κ2) is 11.4. The highest BCUT2D eigenvalue weighted by molar-refractivity contribution is 5.74. The summed E-state index contributed by atoms with van der Waals surface area (Å²) in [4.78, 5) is 10.5. The number of carbonyl (C=O) groups is 1. The molecule has 110 valence electrons. The first-order valence-corrected chi connectivity index (χ1v) is 6.61. The van der Waals surface area contributed by atoms with E-state index in [0.29, 0.717) is 13.2 Å². The van der Waals surface area contributed by atoms with E-state index in [-0.39, 0.29) is 18.3 Å². The Morgan fingerprint density at radius 2 is 1.89 bits per heavy atom. The van der Waals surface area contributed by atoms with Crippen LogP contribution in [0.4, 0.5) is 0 Å². The Labute approximate surface area is 111 Å². The number of ether oxygens (including phenoxy) is 2. The third kappa shape index (κ3) is 13.4. The van der Waals surface area contributed by atoms with E-state index in [2.05, 4.69) is 0 Å². The molecular weight excluding hydrogens is 232 g/mol. The largest absolute Gasteiger partial charge is 0.375 e. The zero-order valence-corrected chi connectivity index (χ0v) is 12.5. The summed E-state index contributed by atoms with van der Waals surface area (Å²) in [5.74, 6) is -0.448. The van der Waals surface area contributed by atoms with Crippen molar-refractivity contribution in [1.29, 1.82) is 0 Å². The highest BCUT2D eigenvalue weighted by Crippen LogP contribution is 2.14. The van der Waals surface area contributed by atoms with Crippen LogP contribution in [0.25, 0.3) is 0 Å². The van der Waals surface area contributed by atoms with Crippen LogP contribution in [-0.4, -0.2) is 37.4 Å². The van der Waals surface area contributed by atoms with Crippen molar-refractivity contribution >= 4 is 5.91 Å². The van der Waals surface area contributed by atoms with Crippen molar-refractivity contribution in [2.45, 2.75) is 59.2 Å². The summed E-state index contributed by atoms with van der Waals surface area (Å²) >= 11 is 0. The molecule has 0 radical (unpaired) electrons. The maximum atomic E-state index is 10.5. The standard InChI is InChI=1S/C11H24N2O3.C2H6/c1-9(15-8-10(13)14)4-7-16-11(2,3)5-6-12;1-2/h9H,4-8,12H2,1-3H3,(H2,13,14);1-2H3. The quantitative estimate of drug-likeness (QED) is 0.658. The van der Waals surface area contributed by atoms with E-state index < -0.39 is 5.91 Å². The van der Waals surface area contributed by atoms with Crippen LogP contribution in [0.1, 0.15) is 47.5 Å². The van der Waals surface area contributed by atoms with Gasteiger partial charge in [-0.2, -0.15) is 0 Å². The monoisotopic (exact) mass is 262 g/mol. The lowest BCUT2D eigenvalue weighted by Gasteiger charge is -2.25. The van der Waals surface area contributed by atoms with Crippen molar-refractivity contribution in [3.05, 3.63) is 0 Å². The van der Waals surface area contributed by atoms with Gasteiger partial charge in [-0.25, -0.2) is 0 Å². The summed E-state index contributed by atoms with van der Waals surface area (Å²) in [5.41, 5.74) is 10.2. The first-order valence-electron chi connectivity index (χ1n) is 6.61. The Morgan fingerprint density at radius 1 is 1.33 bits per heavy atom. The minimum atomic E-state index is -0.448. The van der Waals surface area contributed by atoms with Gasteiger partial charge in [0.25, 0.3) is 0 Å². The van der Waals surface area contributed by atoms with E-state index in [1.807, 2.05) is 34.6 Å². The van der Waals surface area contributed by atoms with Gasteiger partial charge >= 0.3 is 0 Å². The van der Waals surface area contributed by atoms with Gasteiger partial charge in [-0.05, 0) is 40.2 Å². The van der Waals surface area contributed by atoms with Gasteiger partial charge in [0.05, 0.1) is 11.7 Å². The fraction of sp³-hybridized carbons (Fsp3) is 0.923. The molecule has 0 saturated heterocycles. The summed E-state index contributed by atoms with van der Waals surface area (Å²) in [6, 6.07) is 0. The topological polar surface area (TPSA) is 87.6 Å². The molecule has 0 aliphatic rings. The van der Waals surface area contributed by atoms with Gasteiger partial charge in [-0.1, -0.05) is 13.8 Å². The van der Waals surface area contributed by atoms with Crippen molar-refractivity contribution in [2.24, 2.45) is 11.5 Å². The summed E-state index contributed by atoms with van der Waals surface area (Å²) < 4.78 is 10.9. The zero-order valence-electron chi connectivity index (χ0n) is 12.5. The van der Waals surface area contributed by atoms with Crippen LogP contribution in [-0.2, 0) is 14.3 Å². The number of amides is 1. The molecule has 0 aliphatic carbocycles. The highest BCUT2D eigenvalue weighted by atomic mass is 16.5. The van der Waals surface area contributed by atoms with Crippen molar-refractivity contribution in [3.8, 4) is 0 Å². The molecule has 0 fully saturated rings. The lowest BCUT2D eigenvalue weighted by Crippen LogP contribution is -2.29. The summed E-state index contributed by atoms with van der Waals surface area (Å²) in [5, 5.41) is 0. The smallest absolute Gasteiger partial charge is 0.243 e. The number of nitrogens with two attached hydrogens (primary N) is 2. The first kappa shape index (κ1) is 19.7. The molecule has 1 atom stereocenters. The second-order valence-corrected chi connectivity index (χ2v) is 4.52. The van der Waals surface area contributed by atoms with E-state index in [4.69, 9.17) is 20.9 Å². The van der Waals surface area contributed by atoms with Gasteiger partial charge in [0.15, 0.2) is 0 Å². The zero-order chi connectivity index (χ0) is 14.6. The molecule has 0 aromatic carbocycles. The molecule has 0 aliphatic heterocycles. The molecule has 5 nitrogen and oxygen atoms in total. The van der Waals surface area contributed by atoms with Crippen LogP contribution in [0.15, 0.2) is 0 Å². The van der Waals surface area contributed by atoms with Crippen molar-refractivity contribution in [1.82, 2.24) is 0 Å². The molecule has 4 N–H and O–H groups in total. The number of hydrogen-bond acceptors (Lipinski definition) is 4. The molecule has 0 spiro atoms. The van der Waals surface area contributed by atoms with Gasteiger partial charge in [0.2, 0.25) is 5.91 Å². The minimum absolute atomic E-state index is 0.0267. The van der Waals surface area contributed by atoms with E-state index in [1.165, 1.54) is 0 Å². The molecule has 1 amide bonds. The average Bonchev–Trinajstić information content (AvgIpc) is 2.28. The molecule has 0 rings (SSSR count). The molecule has 0 saturated carbocycles. The predicted octanol–water partition coefficient (Wildman–Crippen LogP) is 1.44. The Bertz CT molecular complexity index is 208.